The summed E-state index contributed by atoms with van der Waals surface area (Å²) in [5.74, 6) is 2.02. The average Bonchev–Trinajstić information content (AvgIpc) is 3.06. The van der Waals surface area contributed by atoms with Gasteiger partial charge in [-0.2, -0.15) is 0 Å². The highest BCUT2D eigenvalue weighted by atomic mass is 16.7. The highest BCUT2D eigenvalue weighted by Crippen LogP contribution is 2.35. The quantitative estimate of drug-likeness (QED) is 0.813. The van der Waals surface area contributed by atoms with E-state index in [1.165, 1.54) is 0 Å². The second-order valence-electron chi connectivity index (χ2n) is 5.36. The van der Waals surface area contributed by atoms with Crippen LogP contribution in [0.1, 0.15) is 18.7 Å². The van der Waals surface area contributed by atoms with Gasteiger partial charge in [0.1, 0.15) is 18.5 Å². The van der Waals surface area contributed by atoms with Crippen molar-refractivity contribution in [2.75, 3.05) is 19.9 Å². The molecular weight excluding hydrogens is 296 g/mol. The summed E-state index contributed by atoms with van der Waals surface area (Å²) in [4.78, 5) is 4.28. The molecule has 0 unspecified atom stereocenters. The van der Waals surface area contributed by atoms with E-state index in [9.17, 15) is 5.11 Å². The molecule has 0 radical (unpaired) electrons. The zero-order valence-electron chi connectivity index (χ0n) is 12.9. The first-order chi connectivity index (χ1) is 11.2. The molecule has 0 spiro atoms. The molecule has 0 fully saturated rings. The molecule has 0 amide bonds. The highest BCUT2D eigenvalue weighted by Gasteiger charge is 2.15. The Balaban J connectivity index is 1.44. The molecule has 122 valence electrons. The number of aromatic nitrogens is 1. The zero-order chi connectivity index (χ0) is 16.1. The van der Waals surface area contributed by atoms with Crippen LogP contribution >= 0.6 is 0 Å². The highest BCUT2D eigenvalue weighted by molar-refractivity contribution is 5.46. The van der Waals surface area contributed by atoms with Crippen molar-refractivity contribution in [2.45, 2.75) is 19.1 Å². The van der Waals surface area contributed by atoms with Gasteiger partial charge < -0.3 is 24.6 Å². The summed E-state index contributed by atoms with van der Waals surface area (Å²) >= 11 is 0. The summed E-state index contributed by atoms with van der Waals surface area (Å²) in [6.45, 7) is 2.86. The van der Waals surface area contributed by atoms with Crippen molar-refractivity contribution in [3.8, 4) is 17.2 Å². The smallest absolute Gasteiger partial charge is 0.231 e. The van der Waals surface area contributed by atoms with Crippen LogP contribution in [0.2, 0.25) is 0 Å². The van der Waals surface area contributed by atoms with Crippen molar-refractivity contribution in [2.24, 2.45) is 0 Å². The van der Waals surface area contributed by atoms with E-state index in [2.05, 4.69) is 10.3 Å². The minimum Gasteiger partial charge on any atom is -0.491 e. The molecule has 1 aromatic heterocycles. The Kier molecular flexibility index (Phi) is 4.95. The van der Waals surface area contributed by atoms with E-state index < -0.39 is 6.10 Å². The van der Waals surface area contributed by atoms with Crippen LogP contribution in [0.15, 0.2) is 42.6 Å². The van der Waals surface area contributed by atoms with Crippen LogP contribution in [-0.4, -0.2) is 36.1 Å². The number of ether oxygens (including phenoxy) is 3. The van der Waals surface area contributed by atoms with Crippen LogP contribution in [0, 0.1) is 0 Å². The van der Waals surface area contributed by atoms with Gasteiger partial charge in [0.15, 0.2) is 11.5 Å². The fraction of sp³-hybridized carbons (Fsp3) is 0.353. The van der Waals surface area contributed by atoms with Gasteiger partial charge in [0.05, 0.1) is 5.69 Å². The van der Waals surface area contributed by atoms with E-state index in [0.717, 1.165) is 5.69 Å². The molecule has 6 nitrogen and oxygen atoms in total. The standard InChI is InChI=1S/C17H20N2O4/c1-12(15-4-2-3-7-18-15)19-9-13(20)10-21-14-5-6-16-17(8-14)23-11-22-16/h2-8,12-13,19-20H,9-11H2,1H3/t12-,13+/m0/s1. The monoisotopic (exact) mass is 316 g/mol. The summed E-state index contributed by atoms with van der Waals surface area (Å²) in [5, 5.41) is 13.3. The predicted octanol–water partition coefficient (Wildman–Crippen LogP) is 1.90. The van der Waals surface area contributed by atoms with Gasteiger partial charge in [-0.3, -0.25) is 4.98 Å². The largest absolute Gasteiger partial charge is 0.491 e. The van der Waals surface area contributed by atoms with Crippen molar-refractivity contribution in [1.82, 2.24) is 10.3 Å². The number of fused-ring (bicyclic) bond motifs is 1. The molecule has 1 aromatic carbocycles. The lowest BCUT2D eigenvalue weighted by molar-refractivity contribution is 0.104. The summed E-state index contributed by atoms with van der Waals surface area (Å²) in [6.07, 6.45) is 1.14. The van der Waals surface area contributed by atoms with Crippen LogP contribution in [0.25, 0.3) is 0 Å². The van der Waals surface area contributed by atoms with E-state index in [0.29, 0.717) is 23.8 Å². The van der Waals surface area contributed by atoms with E-state index in [4.69, 9.17) is 14.2 Å². The second-order valence-corrected chi connectivity index (χ2v) is 5.36. The fourth-order valence-electron chi connectivity index (χ4n) is 2.27. The van der Waals surface area contributed by atoms with Crippen molar-refractivity contribution in [1.29, 1.82) is 0 Å². The lowest BCUT2D eigenvalue weighted by atomic mass is 10.2. The second kappa shape index (κ2) is 7.30. The molecule has 0 saturated heterocycles. The normalized spacial score (nSPS) is 15.2. The van der Waals surface area contributed by atoms with Gasteiger partial charge in [0.25, 0.3) is 0 Å². The molecule has 0 aliphatic carbocycles. The topological polar surface area (TPSA) is 72.8 Å². The summed E-state index contributed by atoms with van der Waals surface area (Å²) in [6, 6.07) is 11.2. The molecule has 2 N–H and O–H groups in total. The summed E-state index contributed by atoms with van der Waals surface area (Å²) in [5.41, 5.74) is 0.941. The first kappa shape index (κ1) is 15.6. The Morgan fingerprint density at radius 2 is 2.13 bits per heavy atom. The minimum atomic E-state index is -0.619. The number of nitrogens with zero attached hydrogens (tertiary/aromatic N) is 1. The molecule has 6 heteroatoms. The van der Waals surface area contributed by atoms with Crippen molar-refractivity contribution < 1.29 is 19.3 Å². The molecule has 1 aliphatic heterocycles. The average molecular weight is 316 g/mol. The van der Waals surface area contributed by atoms with Crippen LogP contribution in [-0.2, 0) is 0 Å². The zero-order valence-corrected chi connectivity index (χ0v) is 12.9. The first-order valence-corrected chi connectivity index (χ1v) is 7.57. The lowest BCUT2D eigenvalue weighted by Crippen LogP contribution is -2.33. The number of benzene rings is 1. The number of nitrogens with one attached hydrogen (secondary N) is 1. The van der Waals surface area contributed by atoms with Gasteiger partial charge in [-0.15, -0.1) is 0 Å². The van der Waals surface area contributed by atoms with Crippen molar-refractivity contribution in [3.05, 3.63) is 48.3 Å². The number of hydrogen-bond acceptors (Lipinski definition) is 6. The van der Waals surface area contributed by atoms with Gasteiger partial charge >= 0.3 is 0 Å². The fourth-order valence-corrected chi connectivity index (χ4v) is 2.27. The predicted molar refractivity (Wildman–Crippen MR) is 84.7 cm³/mol. The minimum absolute atomic E-state index is 0.0661. The van der Waals surface area contributed by atoms with Crippen molar-refractivity contribution >= 4 is 0 Å². The molecule has 2 aromatic rings. The van der Waals surface area contributed by atoms with E-state index in [1.807, 2.05) is 25.1 Å². The number of hydrogen-bond donors (Lipinski definition) is 2. The van der Waals surface area contributed by atoms with Crippen LogP contribution < -0.4 is 19.5 Å². The first-order valence-electron chi connectivity index (χ1n) is 7.57. The Morgan fingerprint density at radius 1 is 1.26 bits per heavy atom. The maximum absolute atomic E-state index is 10.0. The third-order valence-corrected chi connectivity index (χ3v) is 3.58. The van der Waals surface area contributed by atoms with Crippen LogP contribution in [0.5, 0.6) is 17.2 Å². The Bertz CT molecular complexity index is 636. The Labute approximate surface area is 135 Å². The third kappa shape index (κ3) is 4.12. The summed E-state index contributed by atoms with van der Waals surface area (Å²) in [7, 11) is 0. The van der Waals surface area contributed by atoms with Crippen LogP contribution in [0.4, 0.5) is 0 Å². The molecule has 0 bridgehead atoms. The lowest BCUT2D eigenvalue weighted by Gasteiger charge is -2.17. The number of pyridine rings is 1. The van der Waals surface area contributed by atoms with E-state index in [1.54, 1.807) is 24.4 Å². The van der Waals surface area contributed by atoms with Gasteiger partial charge in [0.2, 0.25) is 6.79 Å². The third-order valence-electron chi connectivity index (χ3n) is 3.58. The summed E-state index contributed by atoms with van der Waals surface area (Å²) < 4.78 is 16.1. The maximum Gasteiger partial charge on any atom is 0.231 e. The number of aliphatic hydroxyl groups is 1. The maximum atomic E-state index is 10.0. The van der Waals surface area contributed by atoms with Crippen molar-refractivity contribution in [3.63, 3.8) is 0 Å². The number of aliphatic hydroxyl groups excluding tert-OH is 1. The van der Waals surface area contributed by atoms with Gasteiger partial charge in [-0.05, 0) is 31.2 Å². The molecule has 23 heavy (non-hydrogen) atoms. The molecule has 3 rings (SSSR count). The van der Waals surface area contributed by atoms with E-state index in [-0.39, 0.29) is 19.4 Å². The SMILES string of the molecule is C[C@H](NC[C@@H](O)COc1ccc2c(c1)OCO2)c1ccccn1. The molecule has 2 atom stereocenters. The van der Waals surface area contributed by atoms with Gasteiger partial charge in [-0.25, -0.2) is 0 Å². The van der Waals surface area contributed by atoms with E-state index >= 15 is 0 Å². The van der Waals surface area contributed by atoms with Gasteiger partial charge in [-0.1, -0.05) is 6.07 Å². The number of rotatable bonds is 7. The molecule has 2 heterocycles. The van der Waals surface area contributed by atoms with Crippen LogP contribution in [0.3, 0.4) is 0 Å². The molecule has 0 saturated carbocycles. The van der Waals surface area contributed by atoms with Gasteiger partial charge in [0, 0.05) is 24.8 Å². The molecule has 1 aliphatic rings. The Hall–Kier alpha value is -2.31. The molecular formula is C17H20N2O4. The Morgan fingerprint density at radius 3 is 2.96 bits per heavy atom.